The van der Waals surface area contributed by atoms with E-state index in [9.17, 15) is 14.4 Å². The van der Waals surface area contributed by atoms with Gasteiger partial charge in [-0.25, -0.2) is 14.4 Å². The Hall–Kier alpha value is -3.87. The van der Waals surface area contributed by atoms with Gasteiger partial charge in [-0.3, -0.25) is 0 Å². The van der Waals surface area contributed by atoms with Crippen LogP contribution in [0.25, 0.3) is 0 Å². The summed E-state index contributed by atoms with van der Waals surface area (Å²) in [5.74, 6) is 0.297. The number of hydrogen-bond acceptors (Lipinski definition) is 7. The van der Waals surface area contributed by atoms with E-state index in [0.29, 0.717) is 42.3 Å². The predicted octanol–water partition coefficient (Wildman–Crippen LogP) is 9.30. The number of carbonyl (C=O) groups excluding carboxylic acids is 3. The molecule has 0 aliphatic heterocycles. The molecule has 0 aliphatic rings. The molecule has 2 aromatic carbocycles. The van der Waals surface area contributed by atoms with Crippen LogP contribution in [0.3, 0.4) is 0 Å². The van der Waals surface area contributed by atoms with Crippen LogP contribution in [0.4, 0.5) is 5.69 Å². The van der Waals surface area contributed by atoms with E-state index in [4.69, 9.17) is 14.2 Å². The number of allylic oxidation sites excluding steroid dienone is 2. The molecule has 1 N–H and O–H groups in total. The summed E-state index contributed by atoms with van der Waals surface area (Å²) in [6.07, 6.45) is 11.5. The standard InChI is InChI=1S/C38H53NO6/c1-8-10-27(3)12-14-29(5)22-24-43-37(41)34-21-16-31(36(40)45-33-19-17-32(39-7)18-20-33)26-35(34)38(42)44-25-23-30(6)15-13-28(4)11-9-2/h8-9,16-21,26-30,39H,1-2,10-15,22-25H2,3-7H3. The third kappa shape index (κ3) is 13.8. The second-order valence-corrected chi connectivity index (χ2v) is 12.4. The van der Waals surface area contributed by atoms with E-state index in [0.717, 1.165) is 44.2 Å². The fourth-order valence-corrected chi connectivity index (χ4v) is 4.97. The summed E-state index contributed by atoms with van der Waals surface area (Å²) in [6.45, 7) is 16.7. The van der Waals surface area contributed by atoms with Crippen LogP contribution in [0.15, 0.2) is 67.8 Å². The first kappa shape index (κ1) is 37.3. The highest BCUT2D eigenvalue weighted by atomic mass is 16.5. The number of ether oxygens (including phenoxy) is 3. The number of rotatable bonds is 21. The van der Waals surface area contributed by atoms with Crippen LogP contribution in [0, 0.1) is 23.7 Å². The molecule has 4 atom stereocenters. The Kier molecular flexibility index (Phi) is 16.8. The van der Waals surface area contributed by atoms with Crippen LogP contribution in [0.2, 0.25) is 0 Å². The Morgan fingerprint density at radius 2 is 1.16 bits per heavy atom. The Morgan fingerprint density at radius 1 is 0.667 bits per heavy atom. The van der Waals surface area contributed by atoms with Crippen LogP contribution >= 0.6 is 0 Å². The SMILES string of the molecule is C=CCC(C)CCC(C)CCOC(=O)c1ccc(C(=O)Oc2ccc(NC)cc2)cc1C(=O)OCCC(C)CCC(C)CC=C. The van der Waals surface area contributed by atoms with E-state index >= 15 is 0 Å². The molecule has 4 unspecified atom stereocenters. The minimum atomic E-state index is -0.674. The van der Waals surface area contributed by atoms with E-state index in [-0.39, 0.29) is 29.9 Å². The van der Waals surface area contributed by atoms with Gasteiger partial charge >= 0.3 is 17.9 Å². The second-order valence-electron chi connectivity index (χ2n) is 12.4. The molecule has 45 heavy (non-hydrogen) atoms. The second kappa shape index (κ2) is 20.2. The minimum Gasteiger partial charge on any atom is -0.462 e. The van der Waals surface area contributed by atoms with Crippen molar-refractivity contribution in [3.05, 3.63) is 84.5 Å². The molecule has 7 nitrogen and oxygen atoms in total. The van der Waals surface area contributed by atoms with Crippen molar-refractivity contribution in [2.75, 3.05) is 25.6 Å². The third-order valence-corrected chi connectivity index (χ3v) is 8.18. The highest BCUT2D eigenvalue weighted by Crippen LogP contribution is 2.22. The van der Waals surface area contributed by atoms with Crippen LogP contribution in [0.1, 0.15) is 110 Å². The van der Waals surface area contributed by atoms with Crippen molar-refractivity contribution in [3.8, 4) is 5.75 Å². The number of nitrogens with one attached hydrogen (secondary N) is 1. The summed E-state index contributed by atoms with van der Waals surface area (Å²) in [5.41, 5.74) is 1.05. The molecule has 0 heterocycles. The third-order valence-electron chi connectivity index (χ3n) is 8.18. The monoisotopic (exact) mass is 619 g/mol. The minimum absolute atomic E-state index is 0.0152. The molecular weight excluding hydrogens is 566 g/mol. The van der Waals surface area contributed by atoms with Gasteiger partial charge in [-0.15, -0.1) is 13.2 Å². The molecule has 0 aliphatic carbocycles. The molecule has 0 spiro atoms. The van der Waals surface area contributed by atoms with E-state index < -0.39 is 17.9 Å². The van der Waals surface area contributed by atoms with Crippen LogP contribution in [0.5, 0.6) is 5.75 Å². The molecule has 0 aromatic heterocycles. The van der Waals surface area contributed by atoms with Crippen molar-refractivity contribution in [2.24, 2.45) is 23.7 Å². The van der Waals surface area contributed by atoms with Gasteiger partial charge in [0.25, 0.3) is 0 Å². The highest BCUT2D eigenvalue weighted by Gasteiger charge is 2.23. The van der Waals surface area contributed by atoms with Gasteiger partial charge in [0.15, 0.2) is 0 Å². The fourth-order valence-electron chi connectivity index (χ4n) is 4.97. The van der Waals surface area contributed by atoms with Crippen molar-refractivity contribution in [1.82, 2.24) is 0 Å². The van der Waals surface area contributed by atoms with Crippen molar-refractivity contribution in [3.63, 3.8) is 0 Å². The maximum absolute atomic E-state index is 13.3. The largest absolute Gasteiger partial charge is 0.462 e. The van der Waals surface area contributed by atoms with Crippen LogP contribution in [-0.4, -0.2) is 38.2 Å². The molecule has 0 saturated carbocycles. The lowest BCUT2D eigenvalue weighted by Gasteiger charge is -2.16. The quantitative estimate of drug-likeness (QED) is 0.0846. The molecule has 0 fully saturated rings. The zero-order valence-electron chi connectivity index (χ0n) is 27.9. The van der Waals surface area contributed by atoms with Gasteiger partial charge in [-0.1, -0.05) is 65.5 Å². The molecule has 0 radical (unpaired) electrons. The summed E-state index contributed by atoms with van der Waals surface area (Å²) < 4.78 is 16.7. The lowest BCUT2D eigenvalue weighted by molar-refractivity contribution is 0.0435. The van der Waals surface area contributed by atoms with Crippen LogP contribution < -0.4 is 10.1 Å². The van der Waals surface area contributed by atoms with E-state index in [1.807, 2.05) is 12.2 Å². The van der Waals surface area contributed by atoms with Gasteiger partial charge in [0.05, 0.1) is 29.9 Å². The first-order chi connectivity index (χ1) is 21.6. The van der Waals surface area contributed by atoms with Gasteiger partial charge in [-0.05, 0) is 91.8 Å². The van der Waals surface area contributed by atoms with E-state index in [1.165, 1.54) is 18.2 Å². The number of benzene rings is 2. The van der Waals surface area contributed by atoms with E-state index in [2.05, 4.69) is 46.2 Å². The molecule has 0 amide bonds. The average Bonchev–Trinajstić information content (AvgIpc) is 3.03. The van der Waals surface area contributed by atoms with Gasteiger partial charge in [-0.2, -0.15) is 0 Å². The molecular formula is C38H53NO6. The molecule has 0 bridgehead atoms. The first-order valence-corrected chi connectivity index (χ1v) is 16.3. The van der Waals surface area contributed by atoms with Crippen molar-refractivity contribution in [2.45, 2.75) is 79.1 Å². The lowest BCUT2D eigenvalue weighted by Crippen LogP contribution is -2.18. The number of carbonyl (C=O) groups is 3. The van der Waals surface area contributed by atoms with Gasteiger partial charge in [0.2, 0.25) is 0 Å². The summed E-state index contributed by atoms with van der Waals surface area (Å²) in [7, 11) is 1.80. The zero-order valence-corrected chi connectivity index (χ0v) is 27.9. The zero-order chi connectivity index (χ0) is 33.2. The van der Waals surface area contributed by atoms with E-state index in [1.54, 1.807) is 31.3 Å². The summed E-state index contributed by atoms with van der Waals surface area (Å²) in [5, 5.41) is 3.01. The molecule has 7 heteroatoms. The van der Waals surface area contributed by atoms with Gasteiger partial charge in [0.1, 0.15) is 5.75 Å². The Morgan fingerprint density at radius 3 is 1.64 bits per heavy atom. The predicted molar refractivity (Wildman–Crippen MR) is 182 cm³/mol. The normalized spacial score (nSPS) is 13.5. The Balaban J connectivity index is 2.10. The average molecular weight is 620 g/mol. The van der Waals surface area contributed by atoms with Crippen molar-refractivity contribution < 1.29 is 28.6 Å². The topological polar surface area (TPSA) is 90.9 Å². The summed E-state index contributed by atoms with van der Waals surface area (Å²) >= 11 is 0. The smallest absolute Gasteiger partial charge is 0.343 e. The fraction of sp³-hybridized carbons (Fsp3) is 0.500. The number of hydrogen-bond donors (Lipinski definition) is 1. The maximum atomic E-state index is 13.3. The number of esters is 3. The summed E-state index contributed by atoms with van der Waals surface area (Å²) in [6, 6.07) is 11.2. The Labute approximate surface area is 270 Å². The maximum Gasteiger partial charge on any atom is 0.343 e. The number of anilines is 1. The van der Waals surface area contributed by atoms with Crippen molar-refractivity contribution in [1.29, 1.82) is 0 Å². The highest BCUT2D eigenvalue weighted by molar-refractivity contribution is 6.05. The summed E-state index contributed by atoms with van der Waals surface area (Å²) in [4.78, 5) is 39.4. The molecule has 2 aromatic rings. The van der Waals surface area contributed by atoms with Crippen LogP contribution in [-0.2, 0) is 9.47 Å². The molecule has 246 valence electrons. The molecule has 0 saturated heterocycles. The lowest BCUT2D eigenvalue weighted by atomic mass is 9.94. The van der Waals surface area contributed by atoms with Crippen molar-refractivity contribution >= 4 is 23.6 Å². The molecule has 2 rings (SSSR count). The van der Waals surface area contributed by atoms with Gasteiger partial charge in [0, 0.05) is 12.7 Å². The Bertz CT molecular complexity index is 1240. The first-order valence-electron chi connectivity index (χ1n) is 16.3. The van der Waals surface area contributed by atoms with Gasteiger partial charge < -0.3 is 19.5 Å².